The first-order valence-electron chi connectivity index (χ1n) is 5.50. The predicted octanol–water partition coefficient (Wildman–Crippen LogP) is 4.07. The molecule has 0 fully saturated rings. The molecule has 0 spiro atoms. The summed E-state index contributed by atoms with van der Waals surface area (Å²) in [6, 6.07) is 8.54. The van der Waals surface area contributed by atoms with Crippen LogP contribution in [-0.2, 0) is 0 Å². The molecule has 0 N–H and O–H groups in total. The molecule has 0 bridgehead atoms. The van der Waals surface area contributed by atoms with E-state index in [1.807, 2.05) is 0 Å². The Morgan fingerprint density at radius 3 is 2.19 bits per heavy atom. The van der Waals surface area contributed by atoms with Gasteiger partial charge in [0.25, 0.3) is 0 Å². The van der Waals surface area contributed by atoms with Crippen molar-refractivity contribution < 1.29 is 0 Å². The van der Waals surface area contributed by atoms with Gasteiger partial charge in [-0.15, -0.1) is 0 Å². The highest BCUT2D eigenvalue weighted by Crippen LogP contribution is 2.28. The standard InChI is InChI=1S/C14H16BrN/c1-16(2)14-9-5-12(6-10-14)11-3-7-13(15)8-4-11/h3-5,7-9H,6,10H2,1-2H3. The number of halogens is 1. The van der Waals surface area contributed by atoms with Gasteiger partial charge < -0.3 is 4.90 Å². The van der Waals surface area contributed by atoms with Gasteiger partial charge in [-0.05, 0) is 42.2 Å². The zero-order valence-electron chi connectivity index (χ0n) is 9.70. The van der Waals surface area contributed by atoms with Crippen molar-refractivity contribution in [1.82, 2.24) is 4.90 Å². The van der Waals surface area contributed by atoms with Crippen LogP contribution in [0, 0.1) is 0 Å². The van der Waals surface area contributed by atoms with Crippen LogP contribution in [0.1, 0.15) is 18.4 Å². The summed E-state index contributed by atoms with van der Waals surface area (Å²) in [6.07, 6.45) is 6.73. The summed E-state index contributed by atoms with van der Waals surface area (Å²) >= 11 is 3.46. The third kappa shape index (κ3) is 2.56. The van der Waals surface area contributed by atoms with E-state index in [-0.39, 0.29) is 0 Å². The first-order chi connectivity index (χ1) is 7.66. The Hall–Kier alpha value is -1.02. The number of nitrogens with zero attached hydrogens (tertiary/aromatic N) is 1. The van der Waals surface area contributed by atoms with E-state index >= 15 is 0 Å². The van der Waals surface area contributed by atoms with E-state index in [0.29, 0.717) is 0 Å². The van der Waals surface area contributed by atoms with Crippen LogP contribution in [0.5, 0.6) is 0 Å². The average molecular weight is 278 g/mol. The molecule has 84 valence electrons. The predicted molar refractivity (Wildman–Crippen MR) is 73.1 cm³/mol. The highest BCUT2D eigenvalue weighted by atomic mass is 79.9. The first-order valence-corrected chi connectivity index (χ1v) is 6.29. The highest BCUT2D eigenvalue weighted by Gasteiger charge is 2.09. The van der Waals surface area contributed by atoms with Crippen molar-refractivity contribution in [1.29, 1.82) is 0 Å². The Morgan fingerprint density at radius 1 is 1.00 bits per heavy atom. The second-order valence-corrected chi connectivity index (χ2v) is 5.17. The summed E-state index contributed by atoms with van der Waals surface area (Å²) in [4.78, 5) is 2.19. The summed E-state index contributed by atoms with van der Waals surface area (Å²) in [5.41, 5.74) is 4.16. The molecule has 0 amide bonds. The molecule has 1 nitrogen and oxygen atoms in total. The van der Waals surface area contributed by atoms with E-state index in [4.69, 9.17) is 0 Å². The molecule has 0 aromatic heterocycles. The lowest BCUT2D eigenvalue weighted by Gasteiger charge is -2.21. The van der Waals surface area contributed by atoms with Crippen molar-refractivity contribution in [2.24, 2.45) is 0 Å². The first kappa shape index (κ1) is 11.5. The fourth-order valence-electron chi connectivity index (χ4n) is 1.90. The van der Waals surface area contributed by atoms with Crippen molar-refractivity contribution in [3.05, 3.63) is 52.2 Å². The van der Waals surface area contributed by atoms with Gasteiger partial charge in [0.1, 0.15) is 0 Å². The van der Waals surface area contributed by atoms with Crippen molar-refractivity contribution in [3.63, 3.8) is 0 Å². The number of hydrogen-bond acceptors (Lipinski definition) is 1. The van der Waals surface area contributed by atoms with Gasteiger partial charge in [0.15, 0.2) is 0 Å². The topological polar surface area (TPSA) is 3.24 Å². The quantitative estimate of drug-likeness (QED) is 0.788. The molecule has 0 atom stereocenters. The molecule has 16 heavy (non-hydrogen) atoms. The van der Waals surface area contributed by atoms with E-state index in [9.17, 15) is 0 Å². The van der Waals surface area contributed by atoms with Crippen LogP contribution in [-0.4, -0.2) is 19.0 Å². The van der Waals surface area contributed by atoms with Crippen molar-refractivity contribution in [2.75, 3.05) is 14.1 Å². The van der Waals surface area contributed by atoms with Crippen LogP contribution >= 0.6 is 15.9 Å². The summed E-state index contributed by atoms with van der Waals surface area (Å²) in [5, 5.41) is 0. The van der Waals surface area contributed by atoms with Crippen LogP contribution < -0.4 is 0 Å². The van der Waals surface area contributed by atoms with Gasteiger partial charge in [-0.25, -0.2) is 0 Å². The molecule has 2 heteroatoms. The minimum Gasteiger partial charge on any atom is -0.381 e. The molecular formula is C14H16BrN. The maximum Gasteiger partial charge on any atom is 0.0175 e. The van der Waals surface area contributed by atoms with Crippen molar-refractivity contribution in [3.8, 4) is 0 Å². The molecule has 0 aliphatic heterocycles. The van der Waals surface area contributed by atoms with E-state index in [1.54, 1.807) is 0 Å². The lowest BCUT2D eigenvalue weighted by Crippen LogP contribution is -2.12. The maximum atomic E-state index is 3.46. The fraction of sp³-hybridized carbons (Fsp3) is 0.286. The lowest BCUT2D eigenvalue weighted by atomic mass is 9.96. The Kier molecular flexibility index (Phi) is 3.49. The molecular weight excluding hydrogens is 262 g/mol. The molecule has 0 saturated heterocycles. The van der Waals surface area contributed by atoms with Crippen LogP contribution in [0.25, 0.3) is 5.57 Å². The Balaban J connectivity index is 2.21. The van der Waals surface area contributed by atoms with Gasteiger partial charge in [-0.3, -0.25) is 0 Å². The average Bonchev–Trinajstić information content (AvgIpc) is 2.30. The minimum atomic E-state index is 1.13. The van der Waals surface area contributed by atoms with Gasteiger partial charge in [-0.1, -0.05) is 34.1 Å². The van der Waals surface area contributed by atoms with E-state index in [2.05, 4.69) is 71.3 Å². The van der Waals surface area contributed by atoms with E-state index in [0.717, 1.165) is 17.3 Å². The van der Waals surface area contributed by atoms with Crippen LogP contribution in [0.15, 0.2) is 46.6 Å². The molecule has 0 radical (unpaired) electrons. The summed E-state index contributed by atoms with van der Waals surface area (Å²) in [7, 11) is 4.20. The monoisotopic (exact) mass is 277 g/mol. The maximum absolute atomic E-state index is 3.46. The zero-order chi connectivity index (χ0) is 11.5. The van der Waals surface area contributed by atoms with Gasteiger partial charge in [0.2, 0.25) is 0 Å². The van der Waals surface area contributed by atoms with Crippen molar-refractivity contribution in [2.45, 2.75) is 12.8 Å². The lowest BCUT2D eigenvalue weighted by molar-refractivity contribution is 0.487. The van der Waals surface area contributed by atoms with E-state index in [1.165, 1.54) is 16.8 Å². The summed E-state index contributed by atoms with van der Waals surface area (Å²) in [5.74, 6) is 0. The molecule has 2 rings (SSSR count). The molecule has 1 aromatic carbocycles. The second-order valence-electron chi connectivity index (χ2n) is 4.25. The largest absolute Gasteiger partial charge is 0.381 e. The van der Waals surface area contributed by atoms with E-state index < -0.39 is 0 Å². The van der Waals surface area contributed by atoms with Gasteiger partial charge in [0.05, 0.1) is 0 Å². The van der Waals surface area contributed by atoms with Crippen LogP contribution in [0.4, 0.5) is 0 Å². The normalized spacial score (nSPS) is 15.4. The van der Waals surface area contributed by atoms with Gasteiger partial charge in [0, 0.05) is 24.3 Å². The molecule has 0 heterocycles. The molecule has 1 aromatic rings. The van der Waals surface area contributed by atoms with Crippen molar-refractivity contribution >= 4 is 21.5 Å². The van der Waals surface area contributed by atoms with Gasteiger partial charge >= 0.3 is 0 Å². The molecule has 0 saturated carbocycles. The second kappa shape index (κ2) is 4.88. The third-order valence-electron chi connectivity index (χ3n) is 2.92. The van der Waals surface area contributed by atoms with Crippen LogP contribution in [0.2, 0.25) is 0 Å². The number of benzene rings is 1. The van der Waals surface area contributed by atoms with Gasteiger partial charge in [-0.2, -0.15) is 0 Å². The summed E-state index contributed by atoms with van der Waals surface area (Å²) in [6.45, 7) is 0. The number of rotatable bonds is 2. The van der Waals surface area contributed by atoms with Crippen LogP contribution in [0.3, 0.4) is 0 Å². The highest BCUT2D eigenvalue weighted by molar-refractivity contribution is 9.10. The Labute approximate surface area is 106 Å². The zero-order valence-corrected chi connectivity index (χ0v) is 11.3. The smallest absolute Gasteiger partial charge is 0.0175 e. The Morgan fingerprint density at radius 2 is 1.69 bits per heavy atom. The SMILES string of the molecule is CN(C)C1=CC=C(c2ccc(Br)cc2)CC1. The molecule has 1 aliphatic rings. The third-order valence-corrected chi connectivity index (χ3v) is 3.45. The minimum absolute atomic E-state index is 1.13. The molecule has 1 aliphatic carbocycles. The fourth-order valence-corrected chi connectivity index (χ4v) is 2.17. The Bertz CT molecular complexity index is 427. The molecule has 0 unspecified atom stereocenters. The number of hydrogen-bond donors (Lipinski definition) is 0. The number of allylic oxidation sites excluding steroid dienone is 4. The summed E-state index contributed by atoms with van der Waals surface area (Å²) < 4.78 is 1.14.